The maximum atomic E-state index is 14.1. The van der Waals surface area contributed by atoms with Crippen LogP contribution in [0.5, 0.6) is 11.5 Å². The van der Waals surface area contributed by atoms with Gasteiger partial charge in [0.05, 0.1) is 17.7 Å². The van der Waals surface area contributed by atoms with Crippen molar-refractivity contribution in [3.63, 3.8) is 0 Å². The summed E-state index contributed by atoms with van der Waals surface area (Å²) in [5.41, 5.74) is 1.61. The highest BCUT2D eigenvalue weighted by Gasteiger charge is 2.19. The van der Waals surface area contributed by atoms with Gasteiger partial charge in [-0.15, -0.1) is 0 Å². The van der Waals surface area contributed by atoms with E-state index in [9.17, 15) is 9.18 Å². The lowest BCUT2D eigenvalue weighted by atomic mass is 10.0. The number of hydrogen-bond acceptors (Lipinski definition) is 4. The van der Waals surface area contributed by atoms with Gasteiger partial charge in [-0.05, 0) is 54.1 Å². The van der Waals surface area contributed by atoms with Gasteiger partial charge in [-0.2, -0.15) is 5.10 Å². The lowest BCUT2D eigenvalue weighted by Gasteiger charge is -2.13. The van der Waals surface area contributed by atoms with E-state index in [2.05, 4.69) is 31.4 Å². The van der Waals surface area contributed by atoms with Crippen molar-refractivity contribution in [3.05, 3.63) is 94.2 Å². The molecule has 0 aliphatic heterocycles. The fourth-order valence-corrected chi connectivity index (χ4v) is 4.24. The van der Waals surface area contributed by atoms with Crippen molar-refractivity contribution < 1.29 is 18.7 Å². The van der Waals surface area contributed by atoms with E-state index in [1.807, 2.05) is 37.3 Å². The molecule has 0 saturated carbocycles. The summed E-state index contributed by atoms with van der Waals surface area (Å²) in [4.78, 5) is 13.4. The zero-order valence-electron chi connectivity index (χ0n) is 18.8. The predicted octanol–water partition coefficient (Wildman–Crippen LogP) is 6.85. The van der Waals surface area contributed by atoms with Crippen LogP contribution in [0.1, 0.15) is 22.8 Å². The predicted molar refractivity (Wildman–Crippen MR) is 138 cm³/mol. The first-order chi connectivity index (χ1) is 17.0. The van der Waals surface area contributed by atoms with E-state index in [-0.39, 0.29) is 18.3 Å². The van der Waals surface area contributed by atoms with Gasteiger partial charge in [0.25, 0.3) is 5.91 Å². The van der Waals surface area contributed by atoms with Crippen LogP contribution in [0.25, 0.3) is 21.7 Å². The summed E-state index contributed by atoms with van der Waals surface area (Å²) in [6.45, 7) is 2.38. The molecule has 0 atom stereocenters. The fraction of sp³-hybridized carbons (Fsp3) is 0.111. The molecule has 1 aromatic heterocycles. The Kier molecular flexibility index (Phi) is 6.37. The molecule has 0 unspecified atom stereocenters. The topological polar surface area (TPSA) is 76.2 Å². The third-order valence-corrected chi connectivity index (χ3v) is 6.09. The van der Waals surface area contributed by atoms with Gasteiger partial charge in [-0.3, -0.25) is 9.89 Å². The number of anilines is 1. The minimum Gasteiger partial charge on any atom is -0.493 e. The molecule has 35 heavy (non-hydrogen) atoms. The van der Waals surface area contributed by atoms with Gasteiger partial charge in [-0.25, -0.2) is 4.39 Å². The second kappa shape index (κ2) is 9.76. The molecule has 0 aliphatic carbocycles. The molecule has 1 heterocycles. The molecule has 8 heteroatoms. The Balaban J connectivity index is 1.43. The standard InChI is InChI=1S/C27H21BrFN3O3/c1-2-34-24-12-8-16-5-3-4-6-20(16)25(24)27(33)30-26-21-14-19(10-11-23(21)31-32-26)35-15-17-7-9-18(28)13-22(17)29/h3-14H,2,15H2,1H3,(H2,30,31,32,33). The lowest BCUT2D eigenvalue weighted by molar-refractivity contribution is 0.102. The van der Waals surface area contributed by atoms with Crippen LogP contribution < -0.4 is 14.8 Å². The number of rotatable bonds is 7. The molecule has 2 N–H and O–H groups in total. The largest absolute Gasteiger partial charge is 0.493 e. The van der Waals surface area contributed by atoms with Gasteiger partial charge >= 0.3 is 0 Å². The lowest BCUT2D eigenvalue weighted by Crippen LogP contribution is -2.15. The van der Waals surface area contributed by atoms with Crippen LogP contribution >= 0.6 is 15.9 Å². The van der Waals surface area contributed by atoms with Crippen LogP contribution in [0.4, 0.5) is 10.2 Å². The number of aromatic nitrogens is 2. The maximum Gasteiger partial charge on any atom is 0.261 e. The van der Waals surface area contributed by atoms with Crippen molar-refractivity contribution in [2.45, 2.75) is 13.5 Å². The molecule has 4 aromatic carbocycles. The van der Waals surface area contributed by atoms with Crippen molar-refractivity contribution in [2.24, 2.45) is 0 Å². The number of amides is 1. The summed E-state index contributed by atoms with van der Waals surface area (Å²) in [6, 6.07) is 21.5. The molecule has 5 aromatic rings. The van der Waals surface area contributed by atoms with Crippen LogP contribution in [0, 0.1) is 5.82 Å². The molecule has 0 radical (unpaired) electrons. The fourth-order valence-electron chi connectivity index (χ4n) is 3.91. The molecule has 0 saturated heterocycles. The minimum absolute atomic E-state index is 0.0673. The van der Waals surface area contributed by atoms with Crippen molar-refractivity contribution in [1.29, 1.82) is 0 Å². The van der Waals surface area contributed by atoms with Crippen LogP contribution in [-0.4, -0.2) is 22.7 Å². The number of fused-ring (bicyclic) bond motifs is 2. The summed E-state index contributed by atoms with van der Waals surface area (Å²) in [7, 11) is 0. The van der Waals surface area contributed by atoms with E-state index in [1.54, 1.807) is 36.4 Å². The van der Waals surface area contributed by atoms with E-state index >= 15 is 0 Å². The number of nitrogens with zero attached hydrogens (tertiary/aromatic N) is 1. The number of nitrogens with one attached hydrogen (secondary N) is 2. The van der Waals surface area contributed by atoms with E-state index in [0.717, 1.165) is 16.3 Å². The third-order valence-electron chi connectivity index (χ3n) is 5.59. The molecule has 0 aliphatic rings. The van der Waals surface area contributed by atoms with Crippen molar-refractivity contribution >= 4 is 49.3 Å². The zero-order chi connectivity index (χ0) is 24.4. The molecule has 1 amide bonds. The number of carbonyl (C=O) groups excluding carboxylic acids is 1. The minimum atomic E-state index is -0.350. The smallest absolute Gasteiger partial charge is 0.261 e. The highest BCUT2D eigenvalue weighted by Crippen LogP contribution is 2.31. The van der Waals surface area contributed by atoms with Gasteiger partial charge < -0.3 is 14.8 Å². The van der Waals surface area contributed by atoms with Crippen LogP contribution in [-0.2, 0) is 6.61 Å². The first-order valence-corrected chi connectivity index (χ1v) is 11.8. The Morgan fingerprint density at radius 1 is 1.03 bits per heavy atom. The van der Waals surface area contributed by atoms with Crippen LogP contribution in [0.2, 0.25) is 0 Å². The molecule has 0 bridgehead atoms. The summed E-state index contributed by atoms with van der Waals surface area (Å²) < 4.78 is 26.4. The van der Waals surface area contributed by atoms with Gasteiger partial charge in [0, 0.05) is 15.4 Å². The van der Waals surface area contributed by atoms with Gasteiger partial charge in [0.15, 0.2) is 5.82 Å². The van der Waals surface area contributed by atoms with Gasteiger partial charge in [0.1, 0.15) is 23.9 Å². The molecule has 176 valence electrons. The number of aromatic amines is 1. The van der Waals surface area contributed by atoms with E-state index in [1.165, 1.54) is 6.07 Å². The first kappa shape index (κ1) is 22.9. The molecular formula is C27H21BrFN3O3. The Hall–Kier alpha value is -3.91. The molecule has 0 spiro atoms. The summed E-state index contributed by atoms with van der Waals surface area (Å²) in [6.07, 6.45) is 0. The van der Waals surface area contributed by atoms with Crippen LogP contribution in [0.15, 0.2) is 77.3 Å². The van der Waals surface area contributed by atoms with Crippen molar-refractivity contribution in [2.75, 3.05) is 11.9 Å². The maximum absolute atomic E-state index is 14.1. The van der Waals surface area contributed by atoms with E-state index < -0.39 is 0 Å². The normalized spacial score (nSPS) is 11.1. The Morgan fingerprint density at radius 3 is 2.71 bits per heavy atom. The average Bonchev–Trinajstić information content (AvgIpc) is 3.25. The quantitative estimate of drug-likeness (QED) is 0.240. The number of carbonyl (C=O) groups is 1. The molecule has 0 fully saturated rings. The molecule has 5 rings (SSSR count). The third kappa shape index (κ3) is 4.70. The van der Waals surface area contributed by atoms with Gasteiger partial charge in [-0.1, -0.05) is 52.3 Å². The number of ether oxygens (including phenoxy) is 2. The second-order valence-corrected chi connectivity index (χ2v) is 8.77. The monoisotopic (exact) mass is 533 g/mol. The Labute approximate surface area is 209 Å². The second-order valence-electron chi connectivity index (χ2n) is 7.85. The Morgan fingerprint density at radius 2 is 1.89 bits per heavy atom. The first-order valence-electron chi connectivity index (χ1n) is 11.0. The van der Waals surface area contributed by atoms with Crippen molar-refractivity contribution in [3.8, 4) is 11.5 Å². The van der Waals surface area contributed by atoms with Crippen molar-refractivity contribution in [1.82, 2.24) is 10.2 Å². The molecule has 6 nitrogen and oxygen atoms in total. The number of hydrogen-bond donors (Lipinski definition) is 2. The number of benzene rings is 4. The highest BCUT2D eigenvalue weighted by molar-refractivity contribution is 9.10. The Bertz CT molecular complexity index is 1550. The zero-order valence-corrected chi connectivity index (χ0v) is 20.4. The average molecular weight is 534 g/mol. The number of halogens is 2. The summed E-state index contributed by atoms with van der Waals surface area (Å²) in [5.74, 6) is 0.709. The highest BCUT2D eigenvalue weighted by atomic mass is 79.9. The number of H-pyrrole nitrogens is 1. The van der Waals surface area contributed by atoms with E-state index in [0.29, 0.717) is 44.9 Å². The SMILES string of the molecule is CCOc1ccc2ccccc2c1C(=O)Nc1n[nH]c2ccc(OCc3ccc(Br)cc3F)cc12. The molecular weight excluding hydrogens is 513 g/mol. The van der Waals surface area contributed by atoms with Gasteiger partial charge in [0.2, 0.25) is 0 Å². The summed E-state index contributed by atoms with van der Waals surface area (Å²) >= 11 is 3.25. The van der Waals surface area contributed by atoms with E-state index in [4.69, 9.17) is 9.47 Å². The van der Waals surface area contributed by atoms with Crippen LogP contribution in [0.3, 0.4) is 0 Å². The summed E-state index contributed by atoms with van der Waals surface area (Å²) in [5, 5.41) is 12.5.